The molecule has 10 heteroatoms. The number of fused-ring (bicyclic) bond motifs is 1. The SMILES string of the molecule is CC(C)(C)C(=O)N1CC(=O)c2c(Nc3ccccc3)c(-c3ccnc(N(N)C=O)c3)n(N)c2C1. The van der Waals surface area contributed by atoms with E-state index >= 15 is 0 Å². The Morgan fingerprint density at radius 3 is 2.53 bits per heavy atom. The number of hydrogen-bond acceptors (Lipinski definition) is 7. The molecule has 10 nitrogen and oxygen atoms in total. The van der Waals surface area contributed by atoms with Crippen molar-refractivity contribution in [2.24, 2.45) is 11.3 Å². The van der Waals surface area contributed by atoms with Gasteiger partial charge in [0.15, 0.2) is 5.78 Å². The number of ketones is 1. The van der Waals surface area contributed by atoms with Crippen LogP contribution in [-0.4, -0.2) is 39.2 Å². The van der Waals surface area contributed by atoms with E-state index in [1.54, 1.807) is 12.1 Å². The molecule has 1 aromatic carbocycles. The maximum Gasteiger partial charge on any atom is 0.229 e. The Morgan fingerprint density at radius 2 is 1.88 bits per heavy atom. The lowest BCUT2D eigenvalue weighted by Gasteiger charge is -2.32. The van der Waals surface area contributed by atoms with Gasteiger partial charge in [0.1, 0.15) is 5.82 Å². The summed E-state index contributed by atoms with van der Waals surface area (Å²) in [7, 11) is 0. The average molecular weight is 462 g/mol. The molecule has 0 spiro atoms. The van der Waals surface area contributed by atoms with Crippen molar-refractivity contribution in [2.75, 3.05) is 22.7 Å². The predicted molar refractivity (Wildman–Crippen MR) is 129 cm³/mol. The van der Waals surface area contributed by atoms with Crippen molar-refractivity contribution in [2.45, 2.75) is 27.3 Å². The Balaban J connectivity index is 1.89. The third kappa shape index (κ3) is 4.11. The quantitative estimate of drug-likeness (QED) is 0.229. The number of benzene rings is 1. The number of pyridine rings is 1. The van der Waals surface area contributed by atoms with Crippen LogP contribution in [0.2, 0.25) is 0 Å². The molecule has 0 saturated heterocycles. The van der Waals surface area contributed by atoms with Crippen LogP contribution in [0.5, 0.6) is 0 Å². The summed E-state index contributed by atoms with van der Waals surface area (Å²) in [6.07, 6.45) is 1.95. The summed E-state index contributed by atoms with van der Waals surface area (Å²) in [5, 5.41) is 4.18. The number of nitrogens with one attached hydrogen (secondary N) is 1. The number of carbonyl (C=O) groups excluding carboxylic acids is 3. The first kappa shape index (κ1) is 23.0. The molecule has 0 unspecified atom stereocenters. The number of nitrogen functional groups attached to an aromatic ring is 1. The van der Waals surface area contributed by atoms with Crippen molar-refractivity contribution in [1.29, 1.82) is 0 Å². The molecule has 3 aromatic rings. The van der Waals surface area contributed by atoms with E-state index in [-0.39, 0.29) is 30.6 Å². The highest BCUT2D eigenvalue weighted by Crippen LogP contribution is 2.40. The molecule has 0 aliphatic carbocycles. The first-order chi connectivity index (χ1) is 16.1. The van der Waals surface area contributed by atoms with Gasteiger partial charge in [-0.15, -0.1) is 0 Å². The van der Waals surface area contributed by atoms with Gasteiger partial charge in [-0.05, 0) is 24.3 Å². The van der Waals surface area contributed by atoms with Gasteiger partial charge in [-0.3, -0.25) is 19.1 Å². The second kappa shape index (κ2) is 8.64. The number of para-hydroxylation sites is 1. The van der Waals surface area contributed by atoms with Crippen molar-refractivity contribution in [3.63, 3.8) is 0 Å². The van der Waals surface area contributed by atoms with Crippen molar-refractivity contribution >= 4 is 35.3 Å². The van der Waals surface area contributed by atoms with Gasteiger partial charge in [-0.2, -0.15) is 0 Å². The molecule has 3 heterocycles. The zero-order valence-corrected chi connectivity index (χ0v) is 19.3. The smallest absolute Gasteiger partial charge is 0.229 e. The molecule has 1 aliphatic rings. The lowest BCUT2D eigenvalue weighted by atomic mass is 9.93. The molecular weight excluding hydrogens is 434 g/mol. The molecule has 0 atom stereocenters. The molecule has 0 saturated carbocycles. The molecule has 0 fully saturated rings. The number of aromatic nitrogens is 2. The van der Waals surface area contributed by atoms with Crippen molar-refractivity contribution in [3.8, 4) is 11.3 Å². The molecule has 4 rings (SSSR count). The van der Waals surface area contributed by atoms with E-state index in [4.69, 9.17) is 11.7 Å². The monoisotopic (exact) mass is 461 g/mol. The molecule has 34 heavy (non-hydrogen) atoms. The van der Waals surface area contributed by atoms with Crippen LogP contribution in [0.25, 0.3) is 11.3 Å². The van der Waals surface area contributed by atoms with Gasteiger partial charge in [0.05, 0.1) is 35.7 Å². The van der Waals surface area contributed by atoms with Gasteiger partial charge in [0.2, 0.25) is 12.3 Å². The average Bonchev–Trinajstić information content (AvgIpc) is 3.09. The molecule has 2 amide bonds. The second-order valence-electron chi connectivity index (χ2n) is 9.16. The van der Waals surface area contributed by atoms with Gasteiger partial charge in [-0.1, -0.05) is 39.0 Å². The fourth-order valence-electron chi connectivity index (χ4n) is 4.03. The largest absolute Gasteiger partial charge is 0.353 e. The van der Waals surface area contributed by atoms with Gasteiger partial charge in [-0.25, -0.2) is 15.8 Å². The van der Waals surface area contributed by atoms with Crippen molar-refractivity contribution < 1.29 is 14.4 Å². The number of hydrogen-bond donors (Lipinski definition) is 3. The van der Waals surface area contributed by atoms with Gasteiger partial charge in [0, 0.05) is 22.9 Å². The normalized spacial score (nSPS) is 13.4. The molecule has 1 aliphatic heterocycles. The lowest BCUT2D eigenvalue weighted by molar-refractivity contribution is -0.139. The van der Waals surface area contributed by atoms with Gasteiger partial charge in [0.25, 0.3) is 0 Å². The zero-order valence-electron chi connectivity index (χ0n) is 19.3. The molecule has 0 radical (unpaired) electrons. The van der Waals surface area contributed by atoms with E-state index < -0.39 is 5.41 Å². The maximum atomic E-state index is 13.4. The van der Waals surface area contributed by atoms with Crippen molar-refractivity contribution in [3.05, 3.63) is 59.9 Å². The topological polar surface area (TPSA) is 140 Å². The van der Waals surface area contributed by atoms with Crippen LogP contribution in [0.4, 0.5) is 17.2 Å². The molecule has 176 valence electrons. The summed E-state index contributed by atoms with van der Waals surface area (Å²) < 4.78 is 1.42. The van der Waals surface area contributed by atoms with Crippen LogP contribution in [0.1, 0.15) is 36.8 Å². The van der Waals surface area contributed by atoms with E-state index in [0.29, 0.717) is 34.6 Å². The number of amides is 2. The molecule has 5 N–H and O–H groups in total. The number of nitrogens with two attached hydrogens (primary N) is 2. The summed E-state index contributed by atoms with van der Waals surface area (Å²) in [5.41, 5.74) is 2.69. The second-order valence-corrected chi connectivity index (χ2v) is 9.16. The van der Waals surface area contributed by atoms with E-state index in [9.17, 15) is 14.4 Å². The maximum absolute atomic E-state index is 13.4. The fraction of sp³-hybridized carbons (Fsp3) is 0.250. The van der Waals surface area contributed by atoms with Crippen LogP contribution >= 0.6 is 0 Å². The minimum Gasteiger partial charge on any atom is -0.353 e. The lowest BCUT2D eigenvalue weighted by Crippen LogP contribution is -2.45. The van der Waals surface area contributed by atoms with Gasteiger partial charge >= 0.3 is 0 Å². The Morgan fingerprint density at radius 1 is 1.18 bits per heavy atom. The predicted octanol–water partition coefficient (Wildman–Crippen LogP) is 2.42. The van der Waals surface area contributed by atoms with Gasteiger partial charge < -0.3 is 16.1 Å². The van der Waals surface area contributed by atoms with Crippen LogP contribution < -0.4 is 22.0 Å². The minimum absolute atomic E-state index is 0.0423. The van der Waals surface area contributed by atoms with Crippen LogP contribution in [-0.2, 0) is 16.1 Å². The molecule has 0 bridgehead atoms. The Labute approximate surface area is 197 Å². The summed E-state index contributed by atoms with van der Waals surface area (Å²) in [5.74, 6) is 12.1. The Bertz CT molecular complexity index is 1260. The summed E-state index contributed by atoms with van der Waals surface area (Å²) in [6, 6.07) is 12.7. The fourth-order valence-corrected chi connectivity index (χ4v) is 4.03. The number of Topliss-reactive ketones (excluding diaryl/α,β-unsaturated/α-hetero) is 1. The molecule has 2 aromatic heterocycles. The third-order valence-electron chi connectivity index (χ3n) is 5.63. The van der Waals surface area contributed by atoms with Crippen LogP contribution in [0, 0.1) is 5.41 Å². The van der Waals surface area contributed by atoms with E-state index in [1.165, 1.54) is 15.8 Å². The highest BCUT2D eigenvalue weighted by Gasteiger charge is 2.38. The van der Waals surface area contributed by atoms with Crippen molar-refractivity contribution in [1.82, 2.24) is 14.6 Å². The number of rotatable bonds is 5. The number of carbonyl (C=O) groups is 3. The van der Waals surface area contributed by atoms with E-state index in [1.807, 2.05) is 51.1 Å². The summed E-state index contributed by atoms with van der Waals surface area (Å²) >= 11 is 0. The zero-order chi connectivity index (χ0) is 24.6. The first-order valence-corrected chi connectivity index (χ1v) is 10.7. The molecular formula is C24H27N7O3. The number of anilines is 3. The first-order valence-electron chi connectivity index (χ1n) is 10.7. The number of hydrazine groups is 1. The van der Waals surface area contributed by atoms with E-state index in [2.05, 4.69) is 10.3 Å². The third-order valence-corrected chi connectivity index (χ3v) is 5.63. The minimum atomic E-state index is -0.642. The van der Waals surface area contributed by atoms with Crippen LogP contribution in [0.3, 0.4) is 0 Å². The van der Waals surface area contributed by atoms with E-state index in [0.717, 1.165) is 10.7 Å². The highest BCUT2D eigenvalue weighted by molar-refractivity contribution is 6.10. The number of nitrogens with zero attached hydrogens (tertiary/aromatic N) is 4. The Kier molecular flexibility index (Phi) is 5.84. The Hall–Kier alpha value is -4.18. The standard InChI is InChI=1S/C24H27N7O3/c1-24(2,3)23(34)29-12-17-20(18(33)13-29)21(28-16-7-5-4-6-8-16)22(31(17)26)15-9-10-27-19(11-15)30(25)14-32/h4-11,14,28H,12-13,25-26H2,1-3H3. The highest BCUT2D eigenvalue weighted by atomic mass is 16.2. The summed E-state index contributed by atoms with van der Waals surface area (Å²) in [6.45, 7) is 5.59. The summed E-state index contributed by atoms with van der Waals surface area (Å²) in [4.78, 5) is 43.1. The van der Waals surface area contributed by atoms with Crippen LogP contribution in [0.15, 0.2) is 48.7 Å².